The van der Waals surface area contributed by atoms with Crippen molar-refractivity contribution >= 4 is 29.1 Å². The van der Waals surface area contributed by atoms with Gasteiger partial charge in [-0.05, 0) is 42.7 Å². The molecule has 0 saturated carbocycles. The van der Waals surface area contributed by atoms with Crippen molar-refractivity contribution in [3.8, 4) is 0 Å². The summed E-state index contributed by atoms with van der Waals surface area (Å²) in [6.45, 7) is 3.41. The van der Waals surface area contributed by atoms with Crippen LogP contribution < -0.4 is 5.32 Å². The van der Waals surface area contributed by atoms with Crippen LogP contribution in [0.5, 0.6) is 0 Å². The van der Waals surface area contributed by atoms with Crippen LogP contribution in [-0.4, -0.2) is 23.0 Å². The van der Waals surface area contributed by atoms with E-state index in [1.807, 2.05) is 0 Å². The van der Waals surface area contributed by atoms with E-state index in [1.54, 1.807) is 26.0 Å². The third kappa shape index (κ3) is 2.95. The maximum Gasteiger partial charge on any atom is 0.236 e. The Morgan fingerprint density at radius 2 is 2.06 bits per heavy atom. The molecule has 0 bridgehead atoms. The minimum absolute atomic E-state index is 0.0672. The highest BCUT2D eigenvalue weighted by molar-refractivity contribution is 8.15. The molecule has 94 valence electrons. The summed E-state index contributed by atoms with van der Waals surface area (Å²) in [5.41, 5.74) is 1.94. The second kappa shape index (κ2) is 5.30. The fourth-order valence-corrected chi connectivity index (χ4v) is 2.21. The largest absolute Gasteiger partial charge is 0.303 e. The molecular formula is C12H12FN3OS. The van der Waals surface area contributed by atoms with Gasteiger partial charge in [0.05, 0.1) is 12.0 Å². The second-order valence-electron chi connectivity index (χ2n) is 3.96. The van der Waals surface area contributed by atoms with Crippen molar-refractivity contribution in [1.29, 1.82) is 0 Å². The number of aryl methyl sites for hydroxylation is 2. The molecule has 1 fully saturated rings. The van der Waals surface area contributed by atoms with E-state index in [4.69, 9.17) is 0 Å². The number of nitrogens with zero attached hydrogens (tertiary/aromatic N) is 2. The Bertz CT molecular complexity index is 531. The number of hydrogen-bond donors (Lipinski definition) is 1. The van der Waals surface area contributed by atoms with Gasteiger partial charge in [-0.3, -0.25) is 4.79 Å². The van der Waals surface area contributed by atoms with Crippen LogP contribution in [0.4, 0.5) is 4.39 Å². The summed E-state index contributed by atoms with van der Waals surface area (Å²) >= 11 is 1.31. The van der Waals surface area contributed by atoms with E-state index < -0.39 is 0 Å². The monoisotopic (exact) mass is 265 g/mol. The summed E-state index contributed by atoms with van der Waals surface area (Å²) < 4.78 is 13.4. The zero-order valence-electron chi connectivity index (χ0n) is 10.0. The zero-order chi connectivity index (χ0) is 13.1. The molecule has 1 amide bonds. The fraction of sp³-hybridized carbons (Fsp3) is 0.250. The average Bonchev–Trinajstić information content (AvgIpc) is 2.72. The Labute approximate surface area is 108 Å². The molecule has 1 N–H and O–H groups in total. The normalized spacial score (nSPS) is 17.7. The summed E-state index contributed by atoms with van der Waals surface area (Å²) in [5, 5.41) is 10.8. The Morgan fingerprint density at radius 3 is 2.61 bits per heavy atom. The highest BCUT2D eigenvalue weighted by Crippen LogP contribution is 2.13. The molecule has 6 heteroatoms. The van der Waals surface area contributed by atoms with Gasteiger partial charge >= 0.3 is 0 Å². The minimum Gasteiger partial charge on any atom is -0.303 e. The van der Waals surface area contributed by atoms with Crippen LogP contribution in [0.1, 0.15) is 16.7 Å². The summed E-state index contributed by atoms with van der Waals surface area (Å²) in [7, 11) is 0. The molecular weight excluding hydrogens is 253 g/mol. The van der Waals surface area contributed by atoms with Gasteiger partial charge in [0.1, 0.15) is 5.82 Å². The van der Waals surface area contributed by atoms with Gasteiger partial charge in [-0.15, -0.1) is 5.10 Å². The minimum atomic E-state index is -0.197. The first kappa shape index (κ1) is 12.8. The average molecular weight is 265 g/mol. The van der Waals surface area contributed by atoms with Gasteiger partial charge in [0.25, 0.3) is 0 Å². The Hall–Kier alpha value is -1.69. The molecule has 0 aliphatic carbocycles. The summed E-state index contributed by atoms with van der Waals surface area (Å²) in [5.74, 6) is 0.114. The first-order valence-electron chi connectivity index (χ1n) is 5.36. The van der Waals surface area contributed by atoms with Gasteiger partial charge in [0, 0.05) is 0 Å². The summed E-state index contributed by atoms with van der Waals surface area (Å²) in [6.07, 6.45) is 1.54. The third-order valence-corrected chi connectivity index (χ3v) is 3.26. The second-order valence-corrected chi connectivity index (χ2v) is 4.92. The van der Waals surface area contributed by atoms with Crippen LogP contribution >= 0.6 is 11.8 Å². The van der Waals surface area contributed by atoms with Crippen LogP contribution in [0, 0.1) is 19.7 Å². The molecule has 1 aromatic carbocycles. The number of thioether (sulfide) groups is 1. The highest BCUT2D eigenvalue weighted by atomic mass is 32.2. The molecule has 0 atom stereocenters. The Morgan fingerprint density at radius 1 is 1.39 bits per heavy atom. The number of hydrogen-bond acceptors (Lipinski definition) is 4. The number of carbonyl (C=O) groups excluding carboxylic acids is 1. The van der Waals surface area contributed by atoms with Gasteiger partial charge < -0.3 is 5.32 Å². The smallest absolute Gasteiger partial charge is 0.236 e. The van der Waals surface area contributed by atoms with Crippen molar-refractivity contribution < 1.29 is 9.18 Å². The topological polar surface area (TPSA) is 53.8 Å². The van der Waals surface area contributed by atoms with Gasteiger partial charge in [-0.1, -0.05) is 11.8 Å². The lowest BCUT2D eigenvalue weighted by Gasteiger charge is -2.01. The van der Waals surface area contributed by atoms with Crippen LogP contribution in [0.2, 0.25) is 0 Å². The van der Waals surface area contributed by atoms with E-state index in [2.05, 4.69) is 15.5 Å². The van der Waals surface area contributed by atoms with Crippen LogP contribution in [0.25, 0.3) is 0 Å². The van der Waals surface area contributed by atoms with E-state index in [-0.39, 0.29) is 11.7 Å². The van der Waals surface area contributed by atoms with Crippen molar-refractivity contribution in [2.75, 3.05) is 5.75 Å². The lowest BCUT2D eigenvalue weighted by atomic mass is 10.1. The number of halogens is 1. The molecule has 0 spiro atoms. The number of nitrogens with one attached hydrogen (secondary N) is 1. The van der Waals surface area contributed by atoms with Gasteiger partial charge in [0.2, 0.25) is 5.91 Å². The fourth-order valence-electron chi connectivity index (χ4n) is 1.58. The maximum atomic E-state index is 13.4. The van der Waals surface area contributed by atoms with Gasteiger partial charge in [-0.25, -0.2) is 4.39 Å². The van der Waals surface area contributed by atoms with E-state index in [0.29, 0.717) is 22.0 Å². The van der Waals surface area contributed by atoms with Gasteiger partial charge in [-0.2, -0.15) is 5.10 Å². The molecule has 0 aromatic heterocycles. The molecule has 1 aliphatic heterocycles. The maximum absolute atomic E-state index is 13.4. The Kier molecular flexibility index (Phi) is 3.76. The van der Waals surface area contributed by atoms with Crippen molar-refractivity contribution in [2.45, 2.75) is 13.8 Å². The highest BCUT2D eigenvalue weighted by Gasteiger charge is 2.15. The number of benzene rings is 1. The lowest BCUT2D eigenvalue weighted by molar-refractivity contribution is -0.116. The molecule has 4 nitrogen and oxygen atoms in total. The molecule has 0 unspecified atom stereocenters. The van der Waals surface area contributed by atoms with Crippen molar-refractivity contribution in [1.82, 2.24) is 5.32 Å². The quantitative estimate of drug-likeness (QED) is 0.657. The predicted molar refractivity (Wildman–Crippen MR) is 71.5 cm³/mol. The molecule has 1 aromatic rings. The van der Waals surface area contributed by atoms with E-state index >= 15 is 0 Å². The number of carbonyl (C=O) groups is 1. The van der Waals surface area contributed by atoms with E-state index in [0.717, 1.165) is 5.56 Å². The summed E-state index contributed by atoms with van der Waals surface area (Å²) in [6, 6.07) is 3.40. The first-order valence-corrected chi connectivity index (χ1v) is 6.35. The van der Waals surface area contributed by atoms with Crippen LogP contribution in [0.3, 0.4) is 0 Å². The SMILES string of the molecule is Cc1cc(C=NN=C2NC(=O)CS2)cc(C)c1F. The molecule has 1 aliphatic rings. The number of rotatable bonds is 2. The molecule has 0 radical (unpaired) electrons. The summed E-state index contributed by atoms with van der Waals surface area (Å²) in [4.78, 5) is 10.9. The number of amidine groups is 1. The van der Waals surface area contributed by atoms with E-state index in [9.17, 15) is 9.18 Å². The van der Waals surface area contributed by atoms with Crippen molar-refractivity contribution in [2.24, 2.45) is 10.2 Å². The zero-order valence-corrected chi connectivity index (χ0v) is 10.8. The van der Waals surface area contributed by atoms with Gasteiger partial charge in [0.15, 0.2) is 5.17 Å². The van der Waals surface area contributed by atoms with Crippen LogP contribution in [-0.2, 0) is 4.79 Å². The van der Waals surface area contributed by atoms with Crippen LogP contribution in [0.15, 0.2) is 22.3 Å². The molecule has 1 saturated heterocycles. The predicted octanol–water partition coefficient (Wildman–Crippen LogP) is 2.00. The third-order valence-electron chi connectivity index (χ3n) is 2.40. The number of amides is 1. The standard InChI is InChI=1S/C12H12FN3OS/c1-7-3-9(4-8(2)11(7)13)5-14-16-12-15-10(17)6-18-12/h3-5H,6H2,1-2H3,(H,15,16,17). The molecule has 18 heavy (non-hydrogen) atoms. The lowest BCUT2D eigenvalue weighted by Crippen LogP contribution is -2.19. The van der Waals surface area contributed by atoms with Crippen molar-refractivity contribution in [3.05, 3.63) is 34.6 Å². The Balaban J connectivity index is 2.12. The van der Waals surface area contributed by atoms with Crippen molar-refractivity contribution in [3.63, 3.8) is 0 Å². The first-order chi connectivity index (χ1) is 8.56. The van der Waals surface area contributed by atoms with E-state index in [1.165, 1.54) is 18.0 Å². The molecule has 2 rings (SSSR count). The molecule has 1 heterocycles.